The van der Waals surface area contributed by atoms with E-state index in [9.17, 15) is 4.79 Å². The molecule has 0 spiro atoms. The third kappa shape index (κ3) is 3.76. The van der Waals surface area contributed by atoms with Gasteiger partial charge in [-0.15, -0.1) is 0 Å². The summed E-state index contributed by atoms with van der Waals surface area (Å²) in [6.07, 6.45) is 1.56. The SMILES string of the molecule is COc1ccc(CNc2cnn(C(C)C)c(=O)c2Cl)cc1OC. The molecule has 0 unspecified atom stereocenters. The maximum absolute atomic E-state index is 12.1. The summed E-state index contributed by atoms with van der Waals surface area (Å²) in [6.45, 7) is 4.23. The van der Waals surface area contributed by atoms with E-state index < -0.39 is 0 Å². The first-order valence-corrected chi connectivity index (χ1v) is 7.57. The Hall–Kier alpha value is -2.21. The van der Waals surface area contributed by atoms with Gasteiger partial charge in [-0.3, -0.25) is 4.79 Å². The van der Waals surface area contributed by atoms with Gasteiger partial charge in [0.1, 0.15) is 5.02 Å². The highest BCUT2D eigenvalue weighted by Crippen LogP contribution is 2.28. The smallest absolute Gasteiger partial charge is 0.287 e. The van der Waals surface area contributed by atoms with Crippen molar-refractivity contribution >= 4 is 17.3 Å². The third-order valence-electron chi connectivity index (χ3n) is 3.36. The van der Waals surface area contributed by atoms with E-state index in [-0.39, 0.29) is 16.6 Å². The molecular formula is C16H20ClN3O3. The summed E-state index contributed by atoms with van der Waals surface area (Å²) in [7, 11) is 3.17. The number of methoxy groups -OCH3 is 2. The number of ether oxygens (including phenoxy) is 2. The van der Waals surface area contributed by atoms with Crippen molar-refractivity contribution in [3.63, 3.8) is 0 Å². The molecule has 6 nitrogen and oxygen atoms in total. The number of halogens is 1. The Kier molecular flexibility index (Phi) is 5.50. The largest absolute Gasteiger partial charge is 0.493 e. The van der Waals surface area contributed by atoms with E-state index in [0.29, 0.717) is 23.7 Å². The van der Waals surface area contributed by atoms with E-state index in [1.54, 1.807) is 20.4 Å². The van der Waals surface area contributed by atoms with Gasteiger partial charge >= 0.3 is 0 Å². The first kappa shape index (κ1) is 17.1. The van der Waals surface area contributed by atoms with Crippen LogP contribution in [0, 0.1) is 0 Å². The van der Waals surface area contributed by atoms with Gasteiger partial charge in [-0.05, 0) is 31.5 Å². The van der Waals surface area contributed by atoms with Crippen molar-refractivity contribution < 1.29 is 9.47 Å². The van der Waals surface area contributed by atoms with Crippen molar-refractivity contribution in [3.05, 3.63) is 45.3 Å². The number of nitrogens with zero attached hydrogens (tertiary/aromatic N) is 2. The lowest BCUT2D eigenvalue weighted by molar-refractivity contribution is 0.354. The first-order valence-electron chi connectivity index (χ1n) is 7.20. The number of anilines is 1. The van der Waals surface area contributed by atoms with Crippen molar-refractivity contribution in [3.8, 4) is 11.5 Å². The fourth-order valence-electron chi connectivity index (χ4n) is 2.12. The zero-order valence-electron chi connectivity index (χ0n) is 13.6. The van der Waals surface area contributed by atoms with Crippen molar-refractivity contribution in [2.45, 2.75) is 26.4 Å². The molecule has 0 saturated heterocycles. The van der Waals surface area contributed by atoms with Gasteiger partial charge in [0.15, 0.2) is 11.5 Å². The summed E-state index contributed by atoms with van der Waals surface area (Å²) in [4.78, 5) is 12.1. The molecule has 1 aromatic heterocycles. The predicted molar refractivity (Wildman–Crippen MR) is 90.8 cm³/mol. The van der Waals surface area contributed by atoms with Gasteiger partial charge in [-0.25, -0.2) is 4.68 Å². The summed E-state index contributed by atoms with van der Waals surface area (Å²) in [5.41, 5.74) is 1.16. The molecule has 1 aromatic carbocycles. The van der Waals surface area contributed by atoms with Gasteiger partial charge in [0, 0.05) is 6.54 Å². The monoisotopic (exact) mass is 337 g/mol. The second kappa shape index (κ2) is 7.37. The molecule has 0 aliphatic heterocycles. The van der Waals surface area contributed by atoms with Crippen LogP contribution in [0.5, 0.6) is 11.5 Å². The summed E-state index contributed by atoms with van der Waals surface area (Å²) in [5.74, 6) is 1.31. The third-order valence-corrected chi connectivity index (χ3v) is 3.73. The van der Waals surface area contributed by atoms with Crippen LogP contribution in [0.2, 0.25) is 5.02 Å². The summed E-state index contributed by atoms with van der Waals surface area (Å²) < 4.78 is 11.8. The number of hydrogen-bond acceptors (Lipinski definition) is 5. The fourth-order valence-corrected chi connectivity index (χ4v) is 2.33. The molecule has 0 amide bonds. The number of nitrogens with one attached hydrogen (secondary N) is 1. The molecule has 23 heavy (non-hydrogen) atoms. The highest BCUT2D eigenvalue weighted by Gasteiger charge is 2.11. The zero-order chi connectivity index (χ0) is 17.0. The molecule has 0 aliphatic carbocycles. The van der Waals surface area contributed by atoms with Gasteiger partial charge in [0.25, 0.3) is 5.56 Å². The Bertz CT molecular complexity index is 744. The molecule has 124 valence electrons. The van der Waals surface area contributed by atoms with E-state index in [4.69, 9.17) is 21.1 Å². The minimum atomic E-state index is -0.307. The number of hydrogen-bond donors (Lipinski definition) is 1. The second-order valence-corrected chi connectivity index (χ2v) is 5.64. The van der Waals surface area contributed by atoms with E-state index in [2.05, 4.69) is 10.4 Å². The quantitative estimate of drug-likeness (QED) is 0.877. The molecule has 1 N–H and O–H groups in total. The van der Waals surface area contributed by atoms with Crippen LogP contribution in [0.4, 0.5) is 5.69 Å². The number of aromatic nitrogens is 2. The molecule has 0 radical (unpaired) electrons. The molecular weight excluding hydrogens is 318 g/mol. The standard InChI is InChI=1S/C16H20ClN3O3/c1-10(2)20-16(21)15(17)12(9-19-20)18-8-11-5-6-13(22-3)14(7-11)23-4/h5-7,9-10,18H,8H2,1-4H3. The van der Waals surface area contributed by atoms with E-state index in [0.717, 1.165) is 5.56 Å². The molecule has 0 bridgehead atoms. The van der Waals surface area contributed by atoms with Crippen molar-refractivity contribution in [1.29, 1.82) is 0 Å². The molecule has 0 atom stereocenters. The van der Waals surface area contributed by atoms with Gasteiger partial charge in [0.2, 0.25) is 0 Å². The normalized spacial score (nSPS) is 10.7. The van der Waals surface area contributed by atoms with Gasteiger partial charge in [-0.1, -0.05) is 17.7 Å². The molecule has 2 aromatic rings. The van der Waals surface area contributed by atoms with Crippen LogP contribution in [0.25, 0.3) is 0 Å². The van der Waals surface area contributed by atoms with Gasteiger partial charge < -0.3 is 14.8 Å². The fraction of sp³-hybridized carbons (Fsp3) is 0.375. The first-order chi connectivity index (χ1) is 11.0. The molecule has 2 rings (SSSR count). The topological polar surface area (TPSA) is 65.4 Å². The maximum atomic E-state index is 12.1. The molecule has 0 aliphatic rings. The highest BCUT2D eigenvalue weighted by molar-refractivity contribution is 6.32. The Morgan fingerprint density at radius 3 is 2.57 bits per heavy atom. The highest BCUT2D eigenvalue weighted by atomic mass is 35.5. The average molecular weight is 338 g/mol. The van der Waals surface area contributed by atoms with Crippen molar-refractivity contribution in [2.24, 2.45) is 0 Å². The number of benzene rings is 1. The lowest BCUT2D eigenvalue weighted by atomic mass is 10.2. The Morgan fingerprint density at radius 2 is 1.96 bits per heavy atom. The molecule has 1 heterocycles. The minimum absolute atomic E-state index is 0.0418. The van der Waals surface area contributed by atoms with E-state index in [1.807, 2.05) is 32.0 Å². The van der Waals surface area contributed by atoms with E-state index >= 15 is 0 Å². The van der Waals surface area contributed by atoms with Crippen LogP contribution in [-0.4, -0.2) is 24.0 Å². The summed E-state index contributed by atoms with van der Waals surface area (Å²) in [5, 5.41) is 7.38. The number of rotatable bonds is 6. The average Bonchev–Trinajstić information content (AvgIpc) is 2.55. The molecule has 7 heteroatoms. The predicted octanol–water partition coefficient (Wildman–Crippen LogP) is 3.11. The summed E-state index contributed by atoms with van der Waals surface area (Å²) in [6, 6.07) is 5.56. The Morgan fingerprint density at radius 1 is 1.26 bits per heavy atom. The Labute approximate surface area is 140 Å². The van der Waals surface area contributed by atoms with Crippen LogP contribution < -0.4 is 20.3 Å². The minimum Gasteiger partial charge on any atom is -0.493 e. The lowest BCUT2D eigenvalue weighted by Gasteiger charge is -2.13. The van der Waals surface area contributed by atoms with Crippen molar-refractivity contribution in [2.75, 3.05) is 19.5 Å². The lowest BCUT2D eigenvalue weighted by Crippen LogP contribution is -2.25. The molecule has 0 saturated carbocycles. The van der Waals surface area contributed by atoms with Gasteiger partial charge in [-0.2, -0.15) is 5.10 Å². The second-order valence-electron chi connectivity index (χ2n) is 5.26. The van der Waals surface area contributed by atoms with Crippen molar-refractivity contribution in [1.82, 2.24) is 9.78 Å². The van der Waals surface area contributed by atoms with Crippen LogP contribution in [-0.2, 0) is 6.54 Å². The maximum Gasteiger partial charge on any atom is 0.287 e. The van der Waals surface area contributed by atoms with Crippen LogP contribution in [0.1, 0.15) is 25.5 Å². The van der Waals surface area contributed by atoms with Crippen LogP contribution >= 0.6 is 11.6 Å². The summed E-state index contributed by atoms with van der Waals surface area (Å²) >= 11 is 6.13. The molecule has 0 fully saturated rings. The van der Waals surface area contributed by atoms with E-state index in [1.165, 1.54) is 4.68 Å². The Balaban J connectivity index is 2.18. The van der Waals surface area contributed by atoms with Crippen LogP contribution in [0.3, 0.4) is 0 Å². The van der Waals surface area contributed by atoms with Gasteiger partial charge in [0.05, 0.1) is 32.1 Å². The van der Waals surface area contributed by atoms with Crippen LogP contribution in [0.15, 0.2) is 29.2 Å². The zero-order valence-corrected chi connectivity index (χ0v) is 14.3.